The Kier molecular flexibility index (Phi) is 8.55. The van der Waals surface area contributed by atoms with Crippen molar-refractivity contribution in [2.45, 2.75) is 38.2 Å². The molecule has 2 N–H and O–H groups in total. The maximum absolute atomic E-state index is 13.0. The zero-order chi connectivity index (χ0) is 19.2. The van der Waals surface area contributed by atoms with E-state index in [9.17, 15) is 4.79 Å². The zero-order valence-electron chi connectivity index (χ0n) is 16.7. The molecule has 2 aromatic rings. The molecular formula is C22H31ClN2O3. The van der Waals surface area contributed by atoms with Crippen LogP contribution in [0.2, 0.25) is 0 Å². The van der Waals surface area contributed by atoms with E-state index in [4.69, 9.17) is 15.2 Å². The molecule has 6 heteroatoms. The van der Waals surface area contributed by atoms with Crippen LogP contribution in [0.4, 0.5) is 0 Å². The quantitative estimate of drug-likeness (QED) is 0.711. The Morgan fingerprint density at radius 3 is 2.54 bits per heavy atom. The largest absolute Gasteiger partial charge is 0.497 e. The molecule has 28 heavy (non-hydrogen) atoms. The van der Waals surface area contributed by atoms with Crippen molar-refractivity contribution in [1.82, 2.24) is 4.90 Å². The Hall–Kier alpha value is -1.82. The summed E-state index contributed by atoms with van der Waals surface area (Å²) >= 11 is 0. The van der Waals surface area contributed by atoms with Crippen molar-refractivity contribution in [3.63, 3.8) is 0 Å². The van der Waals surface area contributed by atoms with E-state index in [1.54, 1.807) is 7.11 Å². The van der Waals surface area contributed by atoms with Crippen LogP contribution in [0.5, 0.6) is 5.75 Å². The highest BCUT2D eigenvalue weighted by Gasteiger charge is 2.27. The Morgan fingerprint density at radius 2 is 1.86 bits per heavy atom. The van der Waals surface area contributed by atoms with Gasteiger partial charge in [0.05, 0.1) is 19.1 Å². The molecule has 1 atom stereocenters. The lowest BCUT2D eigenvalue weighted by atomic mass is 9.95. The van der Waals surface area contributed by atoms with E-state index in [-0.39, 0.29) is 30.3 Å². The first-order valence-electron chi connectivity index (χ1n) is 9.80. The van der Waals surface area contributed by atoms with Crippen molar-refractivity contribution in [1.29, 1.82) is 0 Å². The minimum Gasteiger partial charge on any atom is -0.497 e. The Morgan fingerprint density at radius 1 is 1.18 bits per heavy atom. The summed E-state index contributed by atoms with van der Waals surface area (Å²) in [5.74, 6) is 0.894. The summed E-state index contributed by atoms with van der Waals surface area (Å²) in [5, 5.41) is 2.24. The molecule has 1 aliphatic heterocycles. The third-order valence-electron chi connectivity index (χ3n) is 5.40. The highest BCUT2D eigenvalue weighted by atomic mass is 35.5. The summed E-state index contributed by atoms with van der Waals surface area (Å²) < 4.78 is 11.1. The molecule has 1 heterocycles. The molecule has 0 bridgehead atoms. The van der Waals surface area contributed by atoms with Gasteiger partial charge in [-0.25, -0.2) is 0 Å². The Balaban J connectivity index is 0.00000280. The standard InChI is InChI=1S/C22H30N2O3.ClH/c1-16(17-4-5-19-15-21(26-2)7-6-18(19)14-17)22(25)24-11-8-20(9-12-24)27-13-3-10-23;/h4-7,14-16,20H,3,8-13,23H2,1-2H3;1H. The smallest absolute Gasteiger partial charge is 0.229 e. The molecule has 1 fully saturated rings. The predicted octanol–water partition coefficient (Wildman–Crippen LogP) is 3.73. The lowest BCUT2D eigenvalue weighted by Crippen LogP contribution is -2.42. The van der Waals surface area contributed by atoms with Gasteiger partial charge in [-0.15, -0.1) is 12.4 Å². The third-order valence-corrected chi connectivity index (χ3v) is 5.40. The second kappa shape index (κ2) is 10.6. The molecule has 1 aliphatic rings. The van der Waals surface area contributed by atoms with Gasteiger partial charge in [0.15, 0.2) is 0 Å². The van der Waals surface area contributed by atoms with Crippen LogP contribution in [0.3, 0.4) is 0 Å². The number of methoxy groups -OCH3 is 1. The monoisotopic (exact) mass is 406 g/mol. The van der Waals surface area contributed by atoms with E-state index >= 15 is 0 Å². The summed E-state index contributed by atoms with van der Waals surface area (Å²) in [7, 11) is 1.67. The van der Waals surface area contributed by atoms with Crippen LogP contribution in [0, 0.1) is 0 Å². The number of likely N-dealkylation sites (tertiary alicyclic amines) is 1. The Labute approximate surface area is 173 Å². The van der Waals surface area contributed by atoms with Gasteiger partial charge >= 0.3 is 0 Å². The second-order valence-corrected chi connectivity index (χ2v) is 7.23. The molecule has 154 valence electrons. The summed E-state index contributed by atoms with van der Waals surface area (Å²) in [4.78, 5) is 14.9. The molecule has 1 amide bonds. The van der Waals surface area contributed by atoms with E-state index in [1.807, 2.05) is 36.1 Å². The number of halogens is 1. The molecule has 0 radical (unpaired) electrons. The number of amides is 1. The van der Waals surface area contributed by atoms with Gasteiger partial charge in [-0.1, -0.05) is 24.3 Å². The van der Waals surface area contributed by atoms with Crippen molar-refractivity contribution >= 4 is 29.1 Å². The Bertz CT molecular complexity index is 775. The number of carbonyl (C=O) groups excluding carboxylic acids is 1. The van der Waals surface area contributed by atoms with Crippen LogP contribution in [-0.4, -0.2) is 50.3 Å². The van der Waals surface area contributed by atoms with Gasteiger partial charge in [-0.05, 0) is 61.2 Å². The summed E-state index contributed by atoms with van der Waals surface area (Å²) in [5.41, 5.74) is 6.56. The second-order valence-electron chi connectivity index (χ2n) is 7.23. The molecular weight excluding hydrogens is 376 g/mol. The number of nitrogens with zero attached hydrogens (tertiary/aromatic N) is 1. The molecule has 2 aromatic carbocycles. The number of rotatable bonds is 7. The van der Waals surface area contributed by atoms with Crippen LogP contribution < -0.4 is 10.5 Å². The van der Waals surface area contributed by atoms with Crippen LogP contribution in [0.15, 0.2) is 36.4 Å². The highest BCUT2D eigenvalue weighted by molar-refractivity contribution is 5.88. The average Bonchev–Trinajstić information content (AvgIpc) is 2.72. The fourth-order valence-corrected chi connectivity index (χ4v) is 3.63. The molecule has 0 saturated carbocycles. The van der Waals surface area contributed by atoms with E-state index in [0.717, 1.165) is 54.4 Å². The number of piperidine rings is 1. The molecule has 5 nitrogen and oxygen atoms in total. The number of hydrogen-bond acceptors (Lipinski definition) is 4. The molecule has 0 aromatic heterocycles. The minimum atomic E-state index is -0.147. The zero-order valence-corrected chi connectivity index (χ0v) is 17.5. The van der Waals surface area contributed by atoms with E-state index in [2.05, 4.69) is 12.1 Å². The van der Waals surface area contributed by atoms with E-state index in [1.165, 1.54) is 0 Å². The molecule has 1 unspecified atom stereocenters. The average molecular weight is 407 g/mol. The number of nitrogens with two attached hydrogens (primary N) is 1. The van der Waals surface area contributed by atoms with Crippen LogP contribution in [0.1, 0.15) is 37.7 Å². The van der Waals surface area contributed by atoms with Gasteiger partial charge < -0.3 is 20.1 Å². The van der Waals surface area contributed by atoms with Crippen LogP contribution in [0.25, 0.3) is 10.8 Å². The minimum absolute atomic E-state index is 0. The first kappa shape index (κ1) is 22.5. The van der Waals surface area contributed by atoms with Crippen molar-refractivity contribution in [2.24, 2.45) is 5.73 Å². The van der Waals surface area contributed by atoms with E-state index in [0.29, 0.717) is 13.2 Å². The normalized spacial score (nSPS) is 15.9. The number of benzene rings is 2. The lowest BCUT2D eigenvalue weighted by molar-refractivity contribution is -0.135. The van der Waals surface area contributed by atoms with Crippen LogP contribution in [-0.2, 0) is 9.53 Å². The molecule has 3 rings (SSSR count). The maximum Gasteiger partial charge on any atom is 0.229 e. The topological polar surface area (TPSA) is 64.8 Å². The van der Waals surface area contributed by atoms with Crippen molar-refractivity contribution in [3.05, 3.63) is 42.0 Å². The number of carbonyl (C=O) groups is 1. The fraction of sp³-hybridized carbons (Fsp3) is 0.500. The number of hydrogen-bond donors (Lipinski definition) is 1. The van der Waals surface area contributed by atoms with Crippen LogP contribution >= 0.6 is 12.4 Å². The van der Waals surface area contributed by atoms with Gasteiger partial charge in [-0.3, -0.25) is 4.79 Å². The predicted molar refractivity (Wildman–Crippen MR) is 115 cm³/mol. The van der Waals surface area contributed by atoms with Gasteiger partial charge in [-0.2, -0.15) is 0 Å². The van der Waals surface area contributed by atoms with E-state index < -0.39 is 0 Å². The molecule has 1 saturated heterocycles. The summed E-state index contributed by atoms with van der Waals surface area (Å²) in [6.45, 7) is 4.90. The van der Waals surface area contributed by atoms with Gasteiger partial charge in [0.25, 0.3) is 0 Å². The summed E-state index contributed by atoms with van der Waals surface area (Å²) in [6.07, 6.45) is 2.96. The lowest BCUT2D eigenvalue weighted by Gasteiger charge is -2.33. The fourth-order valence-electron chi connectivity index (χ4n) is 3.63. The molecule has 0 aliphatic carbocycles. The summed E-state index contributed by atoms with van der Waals surface area (Å²) in [6, 6.07) is 12.2. The number of ether oxygens (including phenoxy) is 2. The molecule has 0 spiro atoms. The first-order valence-corrected chi connectivity index (χ1v) is 9.80. The maximum atomic E-state index is 13.0. The highest BCUT2D eigenvalue weighted by Crippen LogP contribution is 2.27. The van der Waals surface area contributed by atoms with Gasteiger partial charge in [0, 0.05) is 19.7 Å². The van der Waals surface area contributed by atoms with Crippen molar-refractivity contribution in [2.75, 3.05) is 33.4 Å². The van der Waals surface area contributed by atoms with Gasteiger partial charge in [0.2, 0.25) is 5.91 Å². The van der Waals surface area contributed by atoms with Gasteiger partial charge in [0.1, 0.15) is 5.75 Å². The number of fused-ring (bicyclic) bond motifs is 1. The van der Waals surface area contributed by atoms with Crippen molar-refractivity contribution < 1.29 is 14.3 Å². The first-order chi connectivity index (χ1) is 13.1. The van der Waals surface area contributed by atoms with Crippen molar-refractivity contribution in [3.8, 4) is 5.75 Å². The SMILES string of the molecule is COc1ccc2cc(C(C)C(=O)N3CCC(OCCCN)CC3)ccc2c1.Cl. The third kappa shape index (κ3) is 5.37.